The third kappa shape index (κ3) is 2.62. The van der Waals surface area contributed by atoms with Gasteiger partial charge < -0.3 is 4.90 Å². The van der Waals surface area contributed by atoms with Crippen LogP contribution in [-0.4, -0.2) is 49.1 Å². The van der Waals surface area contributed by atoms with Crippen molar-refractivity contribution in [3.05, 3.63) is 17.7 Å². The van der Waals surface area contributed by atoms with Crippen molar-refractivity contribution in [2.75, 3.05) is 39.3 Å². The summed E-state index contributed by atoms with van der Waals surface area (Å²) in [4.78, 5) is 14.3. The fourth-order valence-electron chi connectivity index (χ4n) is 1.35. The molecule has 0 spiro atoms. The van der Waals surface area contributed by atoms with E-state index >= 15 is 0 Å². The Hall–Kier alpha value is -0.900. The zero-order valence-electron chi connectivity index (χ0n) is 7.28. The third-order valence-corrected chi connectivity index (χ3v) is 2.17. The minimum Gasteiger partial charge on any atom is -0.375 e. The maximum absolute atomic E-state index is 9.86. The number of nitroso groups, excluding NO2 is 1. The van der Waals surface area contributed by atoms with Crippen LogP contribution >= 0.6 is 0 Å². The molecule has 1 rings (SSSR count). The van der Waals surface area contributed by atoms with Gasteiger partial charge in [-0.25, -0.2) is 0 Å². The van der Waals surface area contributed by atoms with E-state index in [4.69, 9.17) is 0 Å². The molecule has 68 valence electrons. The lowest BCUT2D eigenvalue weighted by molar-refractivity contribution is 0.173. The molecule has 0 aromatic heterocycles. The summed E-state index contributed by atoms with van der Waals surface area (Å²) < 4.78 is 0. The summed E-state index contributed by atoms with van der Waals surface area (Å²) in [5.41, 5.74) is 0. The minimum absolute atomic E-state index is 0.411. The second kappa shape index (κ2) is 4.87. The molecule has 12 heavy (non-hydrogen) atoms. The Bertz CT molecular complexity index is 152. The standard InChI is InChI=1S/C8H15N3O/c1-2-10-5-7-11(8-6-10)4-3-9-12/h2H,1,3-8H2. The molecule has 0 amide bonds. The van der Waals surface area contributed by atoms with Gasteiger partial charge in [-0.2, -0.15) is 4.91 Å². The highest BCUT2D eigenvalue weighted by Crippen LogP contribution is 2.00. The zero-order chi connectivity index (χ0) is 8.81. The molecule has 0 N–H and O–H groups in total. The fourth-order valence-corrected chi connectivity index (χ4v) is 1.35. The van der Waals surface area contributed by atoms with Gasteiger partial charge in [-0.15, -0.1) is 0 Å². The zero-order valence-corrected chi connectivity index (χ0v) is 7.28. The fraction of sp³-hybridized carbons (Fsp3) is 0.750. The van der Waals surface area contributed by atoms with Gasteiger partial charge >= 0.3 is 0 Å². The SMILES string of the molecule is C=CN1CCN(CCN=O)CC1. The first-order valence-electron chi connectivity index (χ1n) is 4.25. The highest BCUT2D eigenvalue weighted by molar-refractivity contribution is 4.78. The Labute approximate surface area is 72.8 Å². The van der Waals surface area contributed by atoms with Crippen molar-refractivity contribution >= 4 is 0 Å². The van der Waals surface area contributed by atoms with Gasteiger partial charge in [0.05, 0.1) is 6.54 Å². The topological polar surface area (TPSA) is 35.9 Å². The molecule has 0 unspecified atom stereocenters. The molecule has 1 aliphatic rings. The van der Waals surface area contributed by atoms with Crippen LogP contribution in [0.5, 0.6) is 0 Å². The van der Waals surface area contributed by atoms with Gasteiger partial charge in [0.15, 0.2) is 0 Å². The molecule has 0 aromatic carbocycles. The molecule has 0 aliphatic carbocycles. The van der Waals surface area contributed by atoms with Crippen molar-refractivity contribution < 1.29 is 0 Å². The van der Waals surface area contributed by atoms with Crippen molar-refractivity contribution in [1.82, 2.24) is 9.80 Å². The molecule has 1 saturated heterocycles. The van der Waals surface area contributed by atoms with Gasteiger partial charge in [-0.3, -0.25) is 4.90 Å². The number of nitrogens with zero attached hydrogens (tertiary/aromatic N) is 3. The van der Waals surface area contributed by atoms with E-state index in [1.165, 1.54) is 0 Å². The maximum Gasteiger partial charge on any atom is 0.0938 e. The lowest BCUT2D eigenvalue weighted by Gasteiger charge is -2.33. The van der Waals surface area contributed by atoms with E-state index in [2.05, 4.69) is 21.6 Å². The Kier molecular flexibility index (Phi) is 3.73. The molecule has 4 heteroatoms. The van der Waals surface area contributed by atoms with Crippen LogP contribution < -0.4 is 0 Å². The first-order chi connectivity index (χ1) is 5.86. The van der Waals surface area contributed by atoms with E-state index < -0.39 is 0 Å². The van der Waals surface area contributed by atoms with Crippen molar-refractivity contribution in [2.45, 2.75) is 0 Å². The summed E-state index contributed by atoms with van der Waals surface area (Å²) in [5.74, 6) is 0. The summed E-state index contributed by atoms with van der Waals surface area (Å²) >= 11 is 0. The molecule has 0 bridgehead atoms. The Morgan fingerprint density at radius 2 is 2.00 bits per heavy atom. The molecular weight excluding hydrogens is 154 g/mol. The maximum atomic E-state index is 9.86. The normalized spacial score (nSPS) is 19.2. The van der Waals surface area contributed by atoms with Gasteiger partial charge in [0.2, 0.25) is 0 Å². The van der Waals surface area contributed by atoms with Crippen LogP contribution in [0.25, 0.3) is 0 Å². The average molecular weight is 169 g/mol. The van der Waals surface area contributed by atoms with E-state index in [0.717, 1.165) is 32.7 Å². The predicted octanol–water partition coefficient (Wildman–Crippen LogP) is 0.514. The highest BCUT2D eigenvalue weighted by Gasteiger charge is 2.12. The molecule has 0 atom stereocenters. The van der Waals surface area contributed by atoms with Crippen LogP contribution in [0.1, 0.15) is 0 Å². The van der Waals surface area contributed by atoms with E-state index in [9.17, 15) is 4.91 Å². The van der Waals surface area contributed by atoms with Crippen molar-refractivity contribution in [1.29, 1.82) is 0 Å². The number of hydrogen-bond acceptors (Lipinski definition) is 4. The molecule has 4 nitrogen and oxygen atoms in total. The highest BCUT2D eigenvalue weighted by atomic mass is 16.3. The van der Waals surface area contributed by atoms with E-state index in [0.29, 0.717) is 6.54 Å². The number of piperazine rings is 1. The summed E-state index contributed by atoms with van der Waals surface area (Å²) in [6.07, 6.45) is 1.87. The van der Waals surface area contributed by atoms with E-state index in [1.54, 1.807) is 0 Å². The molecule has 0 saturated carbocycles. The van der Waals surface area contributed by atoms with Crippen LogP contribution in [0.3, 0.4) is 0 Å². The minimum atomic E-state index is 0.411. The average Bonchev–Trinajstić information content (AvgIpc) is 2.15. The number of rotatable bonds is 4. The van der Waals surface area contributed by atoms with Gasteiger partial charge in [-0.1, -0.05) is 11.8 Å². The van der Waals surface area contributed by atoms with Crippen molar-refractivity contribution in [2.24, 2.45) is 5.18 Å². The molecule has 0 aromatic rings. The van der Waals surface area contributed by atoms with Crippen molar-refractivity contribution in [3.8, 4) is 0 Å². The predicted molar refractivity (Wildman–Crippen MR) is 48.9 cm³/mol. The summed E-state index contributed by atoms with van der Waals surface area (Å²) in [6.45, 7) is 8.98. The Morgan fingerprint density at radius 1 is 1.33 bits per heavy atom. The van der Waals surface area contributed by atoms with Gasteiger partial charge in [0.1, 0.15) is 0 Å². The lowest BCUT2D eigenvalue weighted by Crippen LogP contribution is -2.44. The van der Waals surface area contributed by atoms with Gasteiger partial charge in [0.25, 0.3) is 0 Å². The van der Waals surface area contributed by atoms with Crippen molar-refractivity contribution in [3.63, 3.8) is 0 Å². The molecule has 1 aliphatic heterocycles. The Morgan fingerprint density at radius 3 is 2.50 bits per heavy atom. The lowest BCUT2D eigenvalue weighted by atomic mass is 10.3. The van der Waals surface area contributed by atoms with E-state index in [1.807, 2.05) is 6.20 Å². The van der Waals surface area contributed by atoms with Crippen LogP contribution in [-0.2, 0) is 0 Å². The van der Waals surface area contributed by atoms with Crippen LogP contribution in [0.2, 0.25) is 0 Å². The summed E-state index contributed by atoms with van der Waals surface area (Å²) in [6, 6.07) is 0. The summed E-state index contributed by atoms with van der Waals surface area (Å²) in [7, 11) is 0. The second-order valence-corrected chi connectivity index (χ2v) is 2.91. The van der Waals surface area contributed by atoms with Crippen LogP contribution in [0, 0.1) is 4.91 Å². The largest absolute Gasteiger partial charge is 0.375 e. The first kappa shape index (κ1) is 9.19. The third-order valence-electron chi connectivity index (χ3n) is 2.17. The molecular formula is C8H15N3O. The second-order valence-electron chi connectivity index (χ2n) is 2.91. The van der Waals surface area contributed by atoms with E-state index in [-0.39, 0.29) is 0 Å². The van der Waals surface area contributed by atoms with Gasteiger partial charge in [0, 0.05) is 32.7 Å². The monoisotopic (exact) mass is 169 g/mol. The number of hydrogen-bond donors (Lipinski definition) is 0. The summed E-state index contributed by atoms with van der Waals surface area (Å²) in [5, 5.41) is 2.84. The van der Waals surface area contributed by atoms with Crippen LogP contribution in [0.15, 0.2) is 18.0 Å². The molecule has 0 radical (unpaired) electrons. The molecule has 1 heterocycles. The van der Waals surface area contributed by atoms with Crippen LogP contribution in [0.4, 0.5) is 0 Å². The Balaban J connectivity index is 2.16. The van der Waals surface area contributed by atoms with Gasteiger partial charge in [-0.05, 0) is 6.20 Å². The first-order valence-corrected chi connectivity index (χ1v) is 4.25. The molecule has 1 fully saturated rings. The quantitative estimate of drug-likeness (QED) is 0.575. The smallest absolute Gasteiger partial charge is 0.0938 e.